The number of carbonyl (C=O) groups is 1. The molecule has 0 unspecified atom stereocenters. The summed E-state index contributed by atoms with van der Waals surface area (Å²) in [5.74, 6) is 6.34. The first kappa shape index (κ1) is 32.2. The molecule has 260 valence electrons. The summed E-state index contributed by atoms with van der Waals surface area (Å²) in [6.45, 7) is 8.87. The molecule has 5 N–H and O–H groups in total. The minimum absolute atomic E-state index is 0.0146. The Bertz CT molecular complexity index is 1620. The van der Waals surface area contributed by atoms with Crippen LogP contribution in [0.1, 0.15) is 105 Å². The molecule has 4 bridgehead atoms. The first-order chi connectivity index (χ1) is 22.6. The quantitative estimate of drug-likeness (QED) is 0.204. The van der Waals surface area contributed by atoms with Gasteiger partial charge in [0.2, 0.25) is 0 Å². The molecule has 6 heteroatoms. The van der Waals surface area contributed by atoms with Gasteiger partial charge in [0.15, 0.2) is 5.78 Å². The lowest BCUT2D eigenvalue weighted by Crippen LogP contribution is -2.78. The molecular formula is C42H56O6. The van der Waals surface area contributed by atoms with Gasteiger partial charge in [-0.1, -0.05) is 69.9 Å². The van der Waals surface area contributed by atoms with Gasteiger partial charge in [-0.2, -0.15) is 0 Å². The van der Waals surface area contributed by atoms with Crippen LogP contribution in [-0.2, 0) is 4.79 Å². The molecule has 5 saturated carbocycles. The summed E-state index contributed by atoms with van der Waals surface area (Å²) < 4.78 is 0. The lowest BCUT2D eigenvalue weighted by atomic mass is 9.26. The summed E-state index contributed by atoms with van der Waals surface area (Å²) in [4.78, 5) is 15.3. The van der Waals surface area contributed by atoms with Gasteiger partial charge in [0.25, 0.3) is 0 Å². The molecule has 5 fully saturated rings. The van der Waals surface area contributed by atoms with Crippen molar-refractivity contribution in [1.82, 2.24) is 0 Å². The first-order valence-corrected chi connectivity index (χ1v) is 19.1. The molecule has 16 atom stereocenters. The SMILES string of the molecule is C[C@@]12CCC#C[C@H](O)[C@]34[C@H](C1)C1=CC(=O)[C@@H]5[C@@]6(C)[C@@H]7C=CC[C@@]([C@H](O)CO)([C@@H](O)C7)[C@H]6CC[C@@]5(C)[C@]1(C)C[C@@]3(O)C=C[C@@H]1CCC[C@@]14C2. The summed E-state index contributed by atoms with van der Waals surface area (Å²) in [5.41, 5.74) is -3.83. The fourth-order valence-corrected chi connectivity index (χ4v) is 16.4. The van der Waals surface area contributed by atoms with E-state index < -0.39 is 57.6 Å². The summed E-state index contributed by atoms with van der Waals surface area (Å²) >= 11 is 0. The summed E-state index contributed by atoms with van der Waals surface area (Å²) in [7, 11) is 0. The van der Waals surface area contributed by atoms with Crippen LogP contribution in [0.15, 0.2) is 36.0 Å². The van der Waals surface area contributed by atoms with Crippen LogP contribution in [0.2, 0.25) is 0 Å². The smallest absolute Gasteiger partial charge is 0.159 e. The van der Waals surface area contributed by atoms with E-state index in [1.807, 2.05) is 6.08 Å². The van der Waals surface area contributed by atoms with Gasteiger partial charge in [0.05, 0.1) is 29.8 Å². The second-order valence-corrected chi connectivity index (χ2v) is 19.4. The van der Waals surface area contributed by atoms with Crippen molar-refractivity contribution in [2.45, 2.75) is 129 Å². The predicted octanol–water partition coefficient (Wildman–Crippen LogP) is 5.27. The normalized spacial score (nSPS) is 59.2. The van der Waals surface area contributed by atoms with E-state index in [-0.39, 0.29) is 46.2 Å². The van der Waals surface area contributed by atoms with Crippen molar-refractivity contribution in [3.63, 3.8) is 0 Å². The van der Waals surface area contributed by atoms with E-state index in [1.54, 1.807) is 0 Å². The molecule has 11 aliphatic rings. The van der Waals surface area contributed by atoms with Gasteiger partial charge >= 0.3 is 0 Å². The van der Waals surface area contributed by atoms with E-state index in [0.717, 1.165) is 63.4 Å². The van der Waals surface area contributed by atoms with Crippen LogP contribution >= 0.6 is 0 Å². The monoisotopic (exact) mass is 656 g/mol. The molecule has 11 rings (SSSR count). The molecule has 0 aliphatic heterocycles. The predicted molar refractivity (Wildman–Crippen MR) is 182 cm³/mol. The Hall–Kier alpha value is -1.75. The Kier molecular flexibility index (Phi) is 6.41. The van der Waals surface area contributed by atoms with E-state index in [1.165, 1.54) is 0 Å². The van der Waals surface area contributed by atoms with Crippen LogP contribution in [0.4, 0.5) is 0 Å². The topological polar surface area (TPSA) is 118 Å². The lowest BCUT2D eigenvalue weighted by Gasteiger charge is -2.77. The van der Waals surface area contributed by atoms with Crippen LogP contribution in [-0.4, -0.2) is 61.8 Å². The highest BCUT2D eigenvalue weighted by atomic mass is 16.3. The molecule has 2 spiro atoms. The largest absolute Gasteiger partial charge is 0.394 e. The number of fused-ring (bicyclic) bond motifs is 8. The van der Waals surface area contributed by atoms with E-state index in [0.29, 0.717) is 19.3 Å². The number of hydrogen-bond acceptors (Lipinski definition) is 6. The van der Waals surface area contributed by atoms with Crippen molar-refractivity contribution in [2.24, 2.45) is 67.5 Å². The van der Waals surface area contributed by atoms with Gasteiger partial charge in [0.1, 0.15) is 6.10 Å². The zero-order valence-corrected chi connectivity index (χ0v) is 29.3. The number of carbonyl (C=O) groups excluding carboxylic acids is 1. The third-order valence-electron chi connectivity index (χ3n) is 18.1. The van der Waals surface area contributed by atoms with Gasteiger partial charge in [0, 0.05) is 17.8 Å². The lowest BCUT2D eigenvalue weighted by molar-refractivity contribution is -0.293. The Morgan fingerprint density at radius 3 is 2.58 bits per heavy atom. The molecule has 0 amide bonds. The van der Waals surface area contributed by atoms with Gasteiger partial charge in [-0.25, -0.2) is 0 Å². The van der Waals surface area contributed by atoms with Crippen molar-refractivity contribution in [2.75, 3.05) is 6.61 Å². The van der Waals surface area contributed by atoms with Crippen LogP contribution in [0, 0.1) is 79.3 Å². The van der Waals surface area contributed by atoms with Crippen LogP contribution in [0.25, 0.3) is 0 Å². The second-order valence-electron chi connectivity index (χ2n) is 19.4. The summed E-state index contributed by atoms with van der Waals surface area (Å²) in [6, 6.07) is 0. The molecule has 0 aromatic carbocycles. The number of aliphatic hydroxyl groups is 5. The first-order valence-electron chi connectivity index (χ1n) is 19.1. The zero-order chi connectivity index (χ0) is 33.9. The number of allylic oxidation sites excluding steroid dienone is 5. The molecule has 6 nitrogen and oxygen atoms in total. The maximum atomic E-state index is 15.3. The maximum absolute atomic E-state index is 15.3. The average Bonchev–Trinajstić information content (AvgIpc) is 3.32. The molecule has 0 aromatic heterocycles. The fraction of sp³-hybridized carbons (Fsp3) is 0.786. The summed E-state index contributed by atoms with van der Waals surface area (Å²) in [6.07, 6.45) is 17.3. The fourth-order valence-electron chi connectivity index (χ4n) is 16.4. The molecular weight excluding hydrogens is 600 g/mol. The average molecular weight is 657 g/mol. The minimum Gasteiger partial charge on any atom is -0.394 e. The summed E-state index contributed by atoms with van der Waals surface area (Å²) in [5, 5.41) is 59.5. The third-order valence-corrected chi connectivity index (χ3v) is 18.1. The van der Waals surface area contributed by atoms with E-state index in [9.17, 15) is 25.5 Å². The minimum atomic E-state index is -1.29. The van der Waals surface area contributed by atoms with Crippen molar-refractivity contribution >= 4 is 5.78 Å². The highest BCUT2D eigenvalue weighted by Gasteiger charge is 2.82. The molecule has 0 radical (unpaired) electrons. The molecule has 48 heavy (non-hydrogen) atoms. The van der Waals surface area contributed by atoms with Crippen LogP contribution in [0.3, 0.4) is 0 Å². The number of aliphatic hydroxyl groups excluding tert-OH is 4. The Balaban J connectivity index is 1.28. The molecule has 0 aromatic rings. The van der Waals surface area contributed by atoms with E-state index in [4.69, 9.17) is 0 Å². The van der Waals surface area contributed by atoms with Gasteiger partial charge in [-0.3, -0.25) is 4.79 Å². The molecule has 0 heterocycles. The van der Waals surface area contributed by atoms with E-state index >= 15 is 4.79 Å². The Labute approximate surface area is 286 Å². The van der Waals surface area contributed by atoms with Crippen molar-refractivity contribution in [3.05, 3.63) is 36.0 Å². The second kappa shape index (κ2) is 9.56. The van der Waals surface area contributed by atoms with Gasteiger partial charge in [-0.05, 0) is 121 Å². The van der Waals surface area contributed by atoms with Gasteiger partial charge < -0.3 is 25.5 Å². The number of rotatable bonds is 2. The van der Waals surface area contributed by atoms with Crippen LogP contribution in [0.5, 0.6) is 0 Å². The van der Waals surface area contributed by atoms with Gasteiger partial charge in [-0.15, -0.1) is 5.92 Å². The van der Waals surface area contributed by atoms with Crippen molar-refractivity contribution in [3.8, 4) is 11.8 Å². The maximum Gasteiger partial charge on any atom is 0.159 e. The number of ketones is 1. The highest BCUT2D eigenvalue weighted by Crippen LogP contribution is 2.83. The van der Waals surface area contributed by atoms with E-state index in [2.05, 4.69) is 63.8 Å². The third kappa shape index (κ3) is 3.22. The van der Waals surface area contributed by atoms with Crippen LogP contribution < -0.4 is 0 Å². The molecule has 0 saturated heterocycles. The number of hydrogen-bond donors (Lipinski definition) is 5. The van der Waals surface area contributed by atoms with Crippen molar-refractivity contribution < 1.29 is 30.3 Å². The molecule has 11 aliphatic carbocycles. The standard InChI is InChI=1S/C42H56O6/c1-35-14-6-5-11-31(45)42-28(21-35)27-20-29(44)34-36(2,37(27,3)24-40(42,48)18-12-25-9-7-15-39(25,42)23-35)17-13-30-38(34,4)26-10-8-16-41(30,32(46)19-26)33(47)22-43/h8,10,12,18,20,25-26,28,30-34,43,45-48H,6-7,9,13-17,19,21-24H2,1-4H3/t25-,26+,28+,30-,31-,32-,33+,34-,35+,36+,37+,38-,39+,40-,41-,42-/m0/s1. The zero-order valence-electron chi connectivity index (χ0n) is 29.3. The Morgan fingerprint density at radius 2 is 1.81 bits per heavy atom. The van der Waals surface area contributed by atoms with Crippen molar-refractivity contribution in [1.29, 1.82) is 0 Å². The highest BCUT2D eigenvalue weighted by molar-refractivity contribution is 5.96. The Morgan fingerprint density at radius 1 is 1.02 bits per heavy atom.